The molecule has 0 heterocycles. The van der Waals surface area contributed by atoms with Gasteiger partial charge in [0.2, 0.25) is 0 Å². The minimum atomic E-state index is -0.826. The van der Waals surface area contributed by atoms with Crippen LogP contribution in [0.1, 0.15) is 24.2 Å². The van der Waals surface area contributed by atoms with Crippen LogP contribution in [0, 0.1) is 5.82 Å². The normalized spacial score (nSPS) is 12.0. The summed E-state index contributed by atoms with van der Waals surface area (Å²) < 4.78 is 23.8. The molecule has 0 saturated carbocycles. The summed E-state index contributed by atoms with van der Waals surface area (Å²) in [6, 6.07) is 11.6. The summed E-state index contributed by atoms with van der Waals surface area (Å²) in [4.78, 5) is 4.43. The number of aliphatic imine (C=N–C) groups is 1. The Bertz CT molecular complexity index is 774. The van der Waals surface area contributed by atoms with Crippen LogP contribution in [0.5, 0.6) is 11.5 Å². The van der Waals surface area contributed by atoms with E-state index in [4.69, 9.17) is 9.47 Å². The Hall–Kier alpha value is -2.07. The molecule has 1 atom stereocenters. The summed E-state index contributed by atoms with van der Waals surface area (Å²) >= 11 is 0. The number of hydrogen-bond donors (Lipinski definition) is 3. The summed E-state index contributed by atoms with van der Waals surface area (Å²) in [5.74, 6) is 1.45. The first kappa shape index (κ1) is 24.0. The Morgan fingerprint density at radius 1 is 1.14 bits per heavy atom. The molecule has 0 radical (unpaired) electrons. The Labute approximate surface area is 182 Å². The fourth-order valence-electron chi connectivity index (χ4n) is 2.55. The van der Waals surface area contributed by atoms with Crippen molar-refractivity contribution in [1.29, 1.82) is 0 Å². The van der Waals surface area contributed by atoms with Gasteiger partial charge in [0.05, 0.1) is 26.9 Å². The molecule has 0 aliphatic rings. The molecule has 0 bridgehead atoms. The zero-order chi connectivity index (χ0) is 19.6. The van der Waals surface area contributed by atoms with E-state index in [-0.39, 0.29) is 36.3 Å². The molecule has 0 aliphatic heterocycles. The fourth-order valence-corrected chi connectivity index (χ4v) is 2.55. The number of nitrogens with one attached hydrogen (secondary N) is 2. The predicted molar refractivity (Wildman–Crippen MR) is 119 cm³/mol. The number of halogens is 2. The van der Waals surface area contributed by atoms with Gasteiger partial charge in [0, 0.05) is 18.7 Å². The second-order valence-electron chi connectivity index (χ2n) is 5.83. The lowest BCUT2D eigenvalue weighted by atomic mass is 10.1. The van der Waals surface area contributed by atoms with Gasteiger partial charge < -0.3 is 25.2 Å². The highest BCUT2D eigenvalue weighted by atomic mass is 127. The van der Waals surface area contributed by atoms with Crippen LogP contribution in [0.25, 0.3) is 0 Å². The van der Waals surface area contributed by atoms with E-state index in [1.54, 1.807) is 38.5 Å². The van der Waals surface area contributed by atoms with E-state index >= 15 is 0 Å². The molecule has 0 amide bonds. The van der Waals surface area contributed by atoms with Gasteiger partial charge in [0.15, 0.2) is 5.96 Å². The molecule has 2 aromatic rings. The molecule has 6 nitrogen and oxygen atoms in total. The first-order valence-electron chi connectivity index (χ1n) is 8.74. The summed E-state index contributed by atoms with van der Waals surface area (Å²) in [5.41, 5.74) is 1.38. The average molecular weight is 503 g/mol. The van der Waals surface area contributed by atoms with Crippen molar-refractivity contribution in [3.8, 4) is 11.5 Å². The van der Waals surface area contributed by atoms with Crippen molar-refractivity contribution in [1.82, 2.24) is 10.6 Å². The van der Waals surface area contributed by atoms with Crippen molar-refractivity contribution >= 4 is 29.9 Å². The lowest BCUT2D eigenvalue weighted by Crippen LogP contribution is -2.39. The number of nitrogens with zero attached hydrogens (tertiary/aromatic N) is 1. The van der Waals surface area contributed by atoms with Crippen LogP contribution in [0.15, 0.2) is 47.5 Å². The third-order valence-electron chi connectivity index (χ3n) is 3.91. The molecular weight excluding hydrogens is 476 g/mol. The van der Waals surface area contributed by atoms with Gasteiger partial charge in [-0.05, 0) is 42.8 Å². The third-order valence-corrected chi connectivity index (χ3v) is 3.91. The third kappa shape index (κ3) is 7.16. The van der Waals surface area contributed by atoms with Crippen molar-refractivity contribution in [2.75, 3.05) is 27.3 Å². The average Bonchev–Trinajstić information content (AvgIpc) is 2.69. The molecule has 3 N–H and O–H groups in total. The van der Waals surface area contributed by atoms with Gasteiger partial charge in [0.1, 0.15) is 17.3 Å². The molecular formula is C20H27FIN3O3. The zero-order valence-corrected chi connectivity index (χ0v) is 18.6. The van der Waals surface area contributed by atoms with Crippen LogP contribution in [0.2, 0.25) is 0 Å². The molecule has 0 aliphatic carbocycles. The van der Waals surface area contributed by atoms with E-state index in [9.17, 15) is 9.50 Å². The van der Waals surface area contributed by atoms with E-state index in [0.717, 1.165) is 5.56 Å². The van der Waals surface area contributed by atoms with Gasteiger partial charge in [-0.3, -0.25) is 0 Å². The van der Waals surface area contributed by atoms with Gasteiger partial charge in [-0.25, -0.2) is 9.38 Å². The first-order chi connectivity index (χ1) is 13.1. The lowest BCUT2D eigenvalue weighted by Gasteiger charge is -2.18. The highest BCUT2D eigenvalue weighted by Crippen LogP contribution is 2.29. The molecule has 0 spiro atoms. The minimum absolute atomic E-state index is 0. The van der Waals surface area contributed by atoms with Gasteiger partial charge in [0.25, 0.3) is 0 Å². The van der Waals surface area contributed by atoms with Gasteiger partial charge in [-0.15, -0.1) is 24.0 Å². The smallest absolute Gasteiger partial charge is 0.191 e. The highest BCUT2D eigenvalue weighted by molar-refractivity contribution is 14.0. The number of aliphatic hydroxyl groups excluding tert-OH is 1. The zero-order valence-electron chi connectivity index (χ0n) is 16.2. The fraction of sp³-hybridized carbons (Fsp3) is 0.350. The van der Waals surface area contributed by atoms with Crippen LogP contribution in [0.4, 0.5) is 4.39 Å². The largest absolute Gasteiger partial charge is 0.497 e. The van der Waals surface area contributed by atoms with Crippen molar-refractivity contribution in [3.63, 3.8) is 0 Å². The summed E-state index contributed by atoms with van der Waals surface area (Å²) in [7, 11) is 3.12. The lowest BCUT2D eigenvalue weighted by molar-refractivity contribution is 0.176. The molecule has 0 saturated heterocycles. The van der Waals surface area contributed by atoms with E-state index in [0.29, 0.717) is 36.1 Å². The van der Waals surface area contributed by atoms with Gasteiger partial charge in [-0.1, -0.05) is 12.1 Å². The van der Waals surface area contributed by atoms with E-state index in [1.807, 2.05) is 13.0 Å². The van der Waals surface area contributed by atoms with Crippen LogP contribution in [0.3, 0.4) is 0 Å². The molecule has 28 heavy (non-hydrogen) atoms. The first-order valence-corrected chi connectivity index (χ1v) is 8.74. The molecule has 0 aromatic heterocycles. The quantitative estimate of drug-likeness (QED) is 0.293. The Morgan fingerprint density at radius 3 is 2.57 bits per heavy atom. The van der Waals surface area contributed by atoms with Gasteiger partial charge in [-0.2, -0.15) is 0 Å². The van der Waals surface area contributed by atoms with Crippen LogP contribution >= 0.6 is 24.0 Å². The maximum Gasteiger partial charge on any atom is 0.191 e. The topological polar surface area (TPSA) is 75.1 Å². The van der Waals surface area contributed by atoms with Crippen LogP contribution in [-0.2, 0) is 6.54 Å². The van der Waals surface area contributed by atoms with Crippen LogP contribution < -0.4 is 20.1 Å². The Morgan fingerprint density at radius 2 is 1.93 bits per heavy atom. The Balaban J connectivity index is 0.00000392. The molecule has 0 fully saturated rings. The number of ether oxygens (including phenoxy) is 2. The van der Waals surface area contributed by atoms with Crippen molar-refractivity contribution < 1.29 is 19.0 Å². The predicted octanol–water partition coefficient (Wildman–Crippen LogP) is 3.25. The van der Waals surface area contributed by atoms with E-state index in [2.05, 4.69) is 15.6 Å². The van der Waals surface area contributed by atoms with Crippen molar-refractivity contribution in [2.45, 2.75) is 19.6 Å². The monoisotopic (exact) mass is 503 g/mol. The molecule has 8 heteroatoms. The maximum absolute atomic E-state index is 13.3. The second-order valence-corrected chi connectivity index (χ2v) is 5.83. The van der Waals surface area contributed by atoms with Crippen LogP contribution in [-0.4, -0.2) is 38.4 Å². The summed E-state index contributed by atoms with van der Waals surface area (Å²) in [5, 5.41) is 16.8. The summed E-state index contributed by atoms with van der Waals surface area (Å²) in [6.45, 7) is 3.15. The SMILES string of the molecule is CCNC(=NCc1cccc(F)c1)NCC(O)c1cc(OC)ccc1OC.I. The maximum atomic E-state index is 13.3. The van der Waals surface area contributed by atoms with Crippen molar-refractivity contribution in [2.24, 2.45) is 4.99 Å². The number of rotatable bonds is 8. The number of benzene rings is 2. The van der Waals surface area contributed by atoms with Gasteiger partial charge >= 0.3 is 0 Å². The number of hydrogen-bond acceptors (Lipinski definition) is 4. The van der Waals surface area contributed by atoms with E-state index < -0.39 is 6.10 Å². The number of guanidine groups is 1. The summed E-state index contributed by atoms with van der Waals surface area (Å²) in [6.07, 6.45) is -0.826. The second kappa shape index (κ2) is 12.4. The molecule has 1 unspecified atom stereocenters. The standard InChI is InChI=1S/C20H26FN3O3.HI/c1-4-22-20(23-12-14-6-5-7-15(21)10-14)24-13-18(25)17-11-16(26-2)8-9-19(17)27-3;/h5-11,18,25H,4,12-13H2,1-3H3,(H2,22,23,24);1H. The van der Waals surface area contributed by atoms with E-state index in [1.165, 1.54) is 12.1 Å². The number of methoxy groups -OCH3 is 2. The number of aliphatic hydroxyl groups is 1. The highest BCUT2D eigenvalue weighted by Gasteiger charge is 2.15. The molecule has 2 rings (SSSR count). The minimum Gasteiger partial charge on any atom is -0.497 e. The van der Waals surface area contributed by atoms with Crippen molar-refractivity contribution in [3.05, 3.63) is 59.4 Å². The molecule has 2 aromatic carbocycles. The Kier molecular flexibility index (Phi) is 10.6. The molecule has 154 valence electrons.